The van der Waals surface area contributed by atoms with E-state index in [0.717, 1.165) is 44.0 Å². The molecular weight excluding hydrogens is 391 g/mol. The van der Waals surface area contributed by atoms with Crippen LogP contribution in [0.1, 0.15) is 12.8 Å². The van der Waals surface area contributed by atoms with Crippen molar-refractivity contribution in [1.29, 1.82) is 0 Å². The molecule has 3 saturated heterocycles. The Kier molecular flexibility index (Phi) is 6.60. The summed E-state index contributed by atoms with van der Waals surface area (Å²) >= 11 is 1.89. The first-order valence-corrected chi connectivity index (χ1v) is 11.7. The molecule has 3 aliphatic heterocycles. The minimum absolute atomic E-state index is 0.0760. The first-order valence-electron chi connectivity index (χ1n) is 10.5. The fraction of sp³-hybridized carbons (Fsp3) is 0.619. The van der Waals surface area contributed by atoms with Gasteiger partial charge in [0.1, 0.15) is 5.82 Å². The number of amides is 2. The third-order valence-corrected chi connectivity index (χ3v) is 7.08. The predicted octanol–water partition coefficient (Wildman–Crippen LogP) is 1.51. The number of halogens is 1. The third-order valence-electron chi connectivity index (χ3n) is 6.14. The van der Waals surface area contributed by atoms with E-state index in [1.165, 1.54) is 6.07 Å². The molecule has 29 heavy (non-hydrogen) atoms. The van der Waals surface area contributed by atoms with Gasteiger partial charge in [-0.2, -0.15) is 11.8 Å². The van der Waals surface area contributed by atoms with Crippen LogP contribution in [0.5, 0.6) is 0 Å². The minimum atomic E-state index is -0.221. The SMILES string of the molecule is O=C(CN1CCCC1C(=O)N1CCSCC1)N1CCN(c2ccccc2F)CC1. The molecule has 1 atom stereocenters. The van der Waals surface area contributed by atoms with Crippen LogP contribution in [0.2, 0.25) is 0 Å². The van der Waals surface area contributed by atoms with Gasteiger partial charge in [-0.05, 0) is 31.5 Å². The van der Waals surface area contributed by atoms with Crippen LogP contribution in [0.15, 0.2) is 24.3 Å². The first-order chi connectivity index (χ1) is 14.1. The Morgan fingerprint density at radius 1 is 0.966 bits per heavy atom. The predicted molar refractivity (Wildman–Crippen MR) is 114 cm³/mol. The zero-order valence-corrected chi connectivity index (χ0v) is 17.6. The van der Waals surface area contributed by atoms with Crippen molar-refractivity contribution in [1.82, 2.24) is 14.7 Å². The Labute approximate surface area is 176 Å². The number of rotatable bonds is 4. The van der Waals surface area contributed by atoms with E-state index in [1.54, 1.807) is 12.1 Å². The van der Waals surface area contributed by atoms with E-state index >= 15 is 0 Å². The van der Waals surface area contributed by atoms with Crippen LogP contribution in [-0.4, -0.2) is 96.4 Å². The number of carbonyl (C=O) groups excluding carboxylic acids is 2. The second-order valence-corrected chi connectivity index (χ2v) is 9.11. The molecule has 6 nitrogen and oxygen atoms in total. The Balaban J connectivity index is 1.30. The van der Waals surface area contributed by atoms with Crippen LogP contribution in [0, 0.1) is 5.82 Å². The summed E-state index contributed by atoms with van der Waals surface area (Å²) in [6.07, 6.45) is 1.81. The van der Waals surface area contributed by atoms with Gasteiger partial charge in [0.15, 0.2) is 0 Å². The van der Waals surface area contributed by atoms with Crippen LogP contribution in [0.25, 0.3) is 0 Å². The fourth-order valence-electron chi connectivity index (χ4n) is 4.47. The molecule has 1 aromatic rings. The van der Waals surface area contributed by atoms with Gasteiger partial charge >= 0.3 is 0 Å². The fourth-order valence-corrected chi connectivity index (χ4v) is 5.37. The molecule has 0 bridgehead atoms. The quantitative estimate of drug-likeness (QED) is 0.739. The van der Waals surface area contributed by atoms with Gasteiger partial charge in [0.25, 0.3) is 0 Å². The molecule has 3 aliphatic rings. The molecule has 3 heterocycles. The zero-order chi connectivity index (χ0) is 20.2. The average molecular weight is 421 g/mol. The monoisotopic (exact) mass is 420 g/mol. The summed E-state index contributed by atoms with van der Waals surface area (Å²) in [6, 6.07) is 6.63. The highest BCUT2D eigenvalue weighted by atomic mass is 32.2. The number of para-hydroxylation sites is 1. The number of hydrogen-bond donors (Lipinski definition) is 0. The van der Waals surface area contributed by atoms with Crippen molar-refractivity contribution in [3.8, 4) is 0 Å². The number of piperazine rings is 1. The van der Waals surface area contributed by atoms with Gasteiger partial charge in [-0.3, -0.25) is 14.5 Å². The highest BCUT2D eigenvalue weighted by Gasteiger charge is 2.36. The van der Waals surface area contributed by atoms with Crippen LogP contribution < -0.4 is 4.90 Å². The Morgan fingerprint density at radius 3 is 2.41 bits per heavy atom. The van der Waals surface area contributed by atoms with E-state index in [1.807, 2.05) is 32.5 Å². The van der Waals surface area contributed by atoms with E-state index in [9.17, 15) is 14.0 Å². The molecular formula is C21H29FN4O2S. The molecule has 158 valence electrons. The summed E-state index contributed by atoms with van der Waals surface area (Å²) in [7, 11) is 0. The summed E-state index contributed by atoms with van der Waals surface area (Å²) in [5.74, 6) is 2.06. The number of nitrogens with zero attached hydrogens (tertiary/aromatic N) is 4. The highest BCUT2D eigenvalue weighted by Crippen LogP contribution is 2.23. The lowest BCUT2D eigenvalue weighted by molar-refractivity contribution is -0.138. The van der Waals surface area contributed by atoms with Gasteiger partial charge in [0.2, 0.25) is 11.8 Å². The number of carbonyl (C=O) groups is 2. The number of hydrogen-bond acceptors (Lipinski definition) is 5. The van der Waals surface area contributed by atoms with Crippen LogP contribution in [0.3, 0.4) is 0 Å². The zero-order valence-electron chi connectivity index (χ0n) is 16.8. The molecule has 0 spiro atoms. The maximum Gasteiger partial charge on any atom is 0.239 e. The van der Waals surface area contributed by atoms with Crippen molar-refractivity contribution < 1.29 is 14.0 Å². The van der Waals surface area contributed by atoms with Gasteiger partial charge < -0.3 is 14.7 Å². The van der Waals surface area contributed by atoms with Crippen molar-refractivity contribution in [3.05, 3.63) is 30.1 Å². The number of benzene rings is 1. The molecule has 0 N–H and O–H groups in total. The van der Waals surface area contributed by atoms with Gasteiger partial charge in [0, 0.05) is 50.8 Å². The summed E-state index contributed by atoms with van der Waals surface area (Å²) in [6.45, 7) is 5.17. The molecule has 0 aromatic heterocycles. The summed E-state index contributed by atoms with van der Waals surface area (Å²) in [4.78, 5) is 33.7. The molecule has 8 heteroatoms. The normalized spacial score (nSPS) is 23.5. The van der Waals surface area contributed by atoms with Crippen LogP contribution in [-0.2, 0) is 9.59 Å². The smallest absolute Gasteiger partial charge is 0.239 e. The van der Waals surface area contributed by atoms with Gasteiger partial charge in [-0.1, -0.05) is 12.1 Å². The standard InChI is InChI=1S/C21H29FN4O2S/c22-17-4-1-2-5-18(17)23-8-10-24(11-9-23)20(27)16-26-7-3-6-19(26)21(28)25-12-14-29-15-13-25/h1-2,4-5,19H,3,6-16H2. The molecule has 0 saturated carbocycles. The van der Waals surface area contributed by atoms with Crippen molar-refractivity contribution in [2.75, 3.05) is 68.8 Å². The Bertz CT molecular complexity index is 735. The summed E-state index contributed by atoms with van der Waals surface area (Å²) in [5, 5.41) is 0. The van der Waals surface area contributed by atoms with Crippen molar-refractivity contribution in [3.63, 3.8) is 0 Å². The summed E-state index contributed by atoms with van der Waals surface area (Å²) in [5.41, 5.74) is 0.601. The van der Waals surface area contributed by atoms with Crippen LogP contribution in [0.4, 0.5) is 10.1 Å². The molecule has 2 amide bonds. The first kappa shape index (κ1) is 20.5. The van der Waals surface area contributed by atoms with Crippen molar-refractivity contribution >= 4 is 29.3 Å². The van der Waals surface area contributed by atoms with E-state index in [0.29, 0.717) is 38.4 Å². The lowest BCUT2D eigenvalue weighted by atomic mass is 10.2. The molecule has 0 aliphatic carbocycles. The van der Waals surface area contributed by atoms with Crippen molar-refractivity contribution in [2.24, 2.45) is 0 Å². The van der Waals surface area contributed by atoms with E-state index in [4.69, 9.17) is 0 Å². The van der Waals surface area contributed by atoms with E-state index in [-0.39, 0.29) is 23.7 Å². The maximum absolute atomic E-state index is 14.0. The topological polar surface area (TPSA) is 47.1 Å². The van der Waals surface area contributed by atoms with E-state index in [2.05, 4.69) is 4.90 Å². The van der Waals surface area contributed by atoms with Gasteiger partial charge in [-0.15, -0.1) is 0 Å². The van der Waals surface area contributed by atoms with Crippen molar-refractivity contribution in [2.45, 2.75) is 18.9 Å². The number of thioether (sulfide) groups is 1. The number of anilines is 1. The summed E-state index contributed by atoms with van der Waals surface area (Å²) < 4.78 is 14.0. The van der Waals surface area contributed by atoms with Gasteiger partial charge in [-0.25, -0.2) is 4.39 Å². The Morgan fingerprint density at radius 2 is 1.69 bits per heavy atom. The second kappa shape index (κ2) is 9.34. The number of likely N-dealkylation sites (tertiary alicyclic amines) is 1. The molecule has 0 radical (unpaired) electrons. The average Bonchev–Trinajstić information content (AvgIpc) is 3.22. The van der Waals surface area contributed by atoms with Crippen LogP contribution >= 0.6 is 11.8 Å². The van der Waals surface area contributed by atoms with E-state index < -0.39 is 0 Å². The molecule has 1 aromatic carbocycles. The van der Waals surface area contributed by atoms with Gasteiger partial charge in [0.05, 0.1) is 18.3 Å². The minimum Gasteiger partial charge on any atom is -0.366 e. The maximum atomic E-state index is 14.0. The Hall–Kier alpha value is -1.80. The molecule has 3 fully saturated rings. The largest absolute Gasteiger partial charge is 0.366 e. The molecule has 1 unspecified atom stereocenters. The lowest BCUT2D eigenvalue weighted by Gasteiger charge is -2.37. The molecule has 4 rings (SSSR count). The second-order valence-electron chi connectivity index (χ2n) is 7.89. The highest BCUT2D eigenvalue weighted by molar-refractivity contribution is 7.99. The third kappa shape index (κ3) is 4.69. The lowest BCUT2D eigenvalue weighted by Crippen LogP contribution is -2.54.